The predicted molar refractivity (Wildman–Crippen MR) is 165 cm³/mol. The largest absolute Gasteiger partial charge is 0.396 e. The number of nitrogens with zero attached hydrogens (tertiary/aromatic N) is 4. The number of aliphatic hydroxyl groups excluding tert-OH is 1. The Balaban J connectivity index is 1.46. The minimum atomic E-state index is -0.402. The summed E-state index contributed by atoms with van der Waals surface area (Å²) in [6.45, 7) is 1.77. The Kier molecular flexibility index (Phi) is 8.89. The van der Waals surface area contributed by atoms with Gasteiger partial charge >= 0.3 is 0 Å². The second-order valence-electron chi connectivity index (χ2n) is 10.7. The summed E-state index contributed by atoms with van der Waals surface area (Å²) in [6.07, 6.45) is 4.35. The molecule has 1 aliphatic heterocycles. The van der Waals surface area contributed by atoms with Crippen LogP contribution in [0.15, 0.2) is 71.7 Å². The number of rotatable bonds is 8. The van der Waals surface area contributed by atoms with E-state index < -0.39 is 5.91 Å². The molecule has 1 fully saturated rings. The molecule has 10 heteroatoms. The van der Waals surface area contributed by atoms with E-state index >= 15 is 0 Å². The van der Waals surface area contributed by atoms with E-state index in [1.165, 1.54) is 11.1 Å². The average Bonchev–Trinajstić information content (AvgIpc) is 3.01. The number of aliphatic hydroxyl groups is 1. The van der Waals surface area contributed by atoms with E-state index in [9.17, 15) is 19.5 Å². The van der Waals surface area contributed by atoms with Crippen molar-refractivity contribution in [2.45, 2.75) is 25.8 Å². The van der Waals surface area contributed by atoms with Crippen LogP contribution in [0, 0.1) is 5.92 Å². The summed E-state index contributed by atoms with van der Waals surface area (Å²) in [5, 5.41) is 12.9. The van der Waals surface area contributed by atoms with Gasteiger partial charge < -0.3 is 24.8 Å². The van der Waals surface area contributed by atoms with Gasteiger partial charge in [-0.3, -0.25) is 14.4 Å². The molecule has 0 atom stereocenters. The lowest BCUT2D eigenvalue weighted by molar-refractivity contribution is 0.0816. The monoisotopic (exact) mass is 587 g/mol. The van der Waals surface area contributed by atoms with Gasteiger partial charge in [0.2, 0.25) is 0 Å². The van der Waals surface area contributed by atoms with Gasteiger partial charge in [-0.05, 0) is 67.6 Å². The SMILES string of the molecule is CN(C)C(=O)c1c(CNC(=O)c2ccc(N3CCC(CCO)CC3)nc2)c(=O)c2ccc(Cl)cc2n1-c1ccccc1. The van der Waals surface area contributed by atoms with Gasteiger partial charge in [-0.2, -0.15) is 0 Å². The van der Waals surface area contributed by atoms with E-state index in [1.807, 2.05) is 36.4 Å². The predicted octanol–water partition coefficient (Wildman–Crippen LogP) is 4.27. The standard InChI is InChI=1S/C32H34ClN5O4/c1-36(2)32(42)29-26(30(40)25-10-9-23(33)18-27(25)38(29)24-6-4-3-5-7-24)20-35-31(41)22-8-11-28(34-19-22)37-15-12-21(13-16-37)14-17-39/h3-11,18-19,21,39H,12-17,20H2,1-2H3,(H,35,41). The fourth-order valence-electron chi connectivity index (χ4n) is 5.46. The topological polar surface area (TPSA) is 108 Å². The fourth-order valence-corrected chi connectivity index (χ4v) is 5.63. The summed E-state index contributed by atoms with van der Waals surface area (Å²) in [7, 11) is 3.24. The number of carbonyl (C=O) groups is 2. The lowest BCUT2D eigenvalue weighted by Gasteiger charge is -2.32. The van der Waals surface area contributed by atoms with Crippen LogP contribution in [0.25, 0.3) is 16.6 Å². The Labute approximate surface area is 249 Å². The van der Waals surface area contributed by atoms with Crippen LogP contribution in [0.1, 0.15) is 45.7 Å². The maximum atomic E-state index is 13.8. The smallest absolute Gasteiger partial charge is 0.270 e. The molecule has 0 spiro atoms. The van der Waals surface area contributed by atoms with Crippen molar-refractivity contribution < 1.29 is 14.7 Å². The summed E-state index contributed by atoms with van der Waals surface area (Å²) >= 11 is 6.33. The Bertz CT molecular complexity index is 1650. The molecule has 2 aromatic carbocycles. The molecule has 1 aliphatic rings. The van der Waals surface area contributed by atoms with Gasteiger partial charge in [0.25, 0.3) is 11.8 Å². The molecule has 9 nitrogen and oxygen atoms in total. The van der Waals surface area contributed by atoms with Crippen LogP contribution >= 0.6 is 11.6 Å². The average molecular weight is 588 g/mol. The summed E-state index contributed by atoms with van der Waals surface area (Å²) in [5.74, 6) is 0.544. The molecule has 2 aromatic heterocycles. The molecule has 42 heavy (non-hydrogen) atoms. The molecule has 0 unspecified atom stereocenters. The van der Waals surface area contributed by atoms with E-state index in [0.29, 0.717) is 33.1 Å². The van der Waals surface area contributed by atoms with E-state index in [1.54, 1.807) is 42.9 Å². The Morgan fingerprint density at radius 1 is 1.07 bits per heavy atom. The molecule has 218 valence electrons. The highest BCUT2D eigenvalue weighted by Gasteiger charge is 2.26. The number of fused-ring (bicyclic) bond motifs is 1. The molecular formula is C32H34ClN5O4. The van der Waals surface area contributed by atoms with Gasteiger partial charge in [0.1, 0.15) is 11.5 Å². The third-order valence-corrected chi connectivity index (χ3v) is 8.00. The van der Waals surface area contributed by atoms with Gasteiger partial charge in [-0.15, -0.1) is 0 Å². The minimum absolute atomic E-state index is 0.155. The lowest BCUT2D eigenvalue weighted by atomic mass is 9.94. The van der Waals surface area contributed by atoms with Gasteiger partial charge in [-0.1, -0.05) is 29.8 Å². The second-order valence-corrected chi connectivity index (χ2v) is 11.2. The zero-order valence-electron chi connectivity index (χ0n) is 23.7. The summed E-state index contributed by atoms with van der Waals surface area (Å²) < 4.78 is 1.73. The molecule has 3 heterocycles. The van der Waals surface area contributed by atoms with Crippen LogP contribution in [0.3, 0.4) is 0 Å². The van der Waals surface area contributed by atoms with Crippen LogP contribution in [0.5, 0.6) is 0 Å². The van der Waals surface area contributed by atoms with Crippen molar-refractivity contribution in [3.05, 3.63) is 98.9 Å². The molecule has 0 bridgehead atoms. The number of hydrogen-bond donors (Lipinski definition) is 2. The second kappa shape index (κ2) is 12.8. The van der Waals surface area contributed by atoms with Gasteiger partial charge in [-0.25, -0.2) is 4.98 Å². The number of halogens is 1. The molecule has 4 aromatic rings. The molecule has 2 N–H and O–H groups in total. The number of benzene rings is 2. The summed E-state index contributed by atoms with van der Waals surface area (Å²) in [5.41, 5.74) is 1.52. The lowest BCUT2D eigenvalue weighted by Crippen LogP contribution is -2.35. The molecule has 0 saturated carbocycles. The van der Waals surface area contributed by atoms with Crippen molar-refractivity contribution in [3.8, 4) is 5.69 Å². The maximum Gasteiger partial charge on any atom is 0.270 e. The van der Waals surface area contributed by atoms with E-state index in [0.717, 1.165) is 38.2 Å². The Hall–Kier alpha value is -4.21. The van der Waals surface area contributed by atoms with Crippen molar-refractivity contribution in [2.75, 3.05) is 38.7 Å². The van der Waals surface area contributed by atoms with E-state index in [4.69, 9.17) is 11.6 Å². The Morgan fingerprint density at radius 2 is 1.81 bits per heavy atom. The third kappa shape index (κ3) is 6.03. The number of amides is 2. The summed E-state index contributed by atoms with van der Waals surface area (Å²) in [6, 6.07) is 17.8. The highest BCUT2D eigenvalue weighted by atomic mass is 35.5. The third-order valence-electron chi connectivity index (χ3n) is 7.76. The number of anilines is 1. The first-order valence-corrected chi connectivity index (χ1v) is 14.4. The van der Waals surface area contributed by atoms with Crippen molar-refractivity contribution in [1.29, 1.82) is 0 Å². The number of para-hydroxylation sites is 1. The van der Waals surface area contributed by atoms with Gasteiger partial charge in [0, 0.05) is 68.2 Å². The number of carbonyl (C=O) groups excluding carboxylic acids is 2. The zero-order valence-corrected chi connectivity index (χ0v) is 24.5. The van der Waals surface area contributed by atoms with Crippen molar-refractivity contribution in [1.82, 2.24) is 19.8 Å². The van der Waals surface area contributed by atoms with Crippen LogP contribution in [-0.2, 0) is 6.54 Å². The molecule has 0 aliphatic carbocycles. The van der Waals surface area contributed by atoms with Crippen LogP contribution in [0.4, 0.5) is 5.82 Å². The Morgan fingerprint density at radius 3 is 2.45 bits per heavy atom. The van der Waals surface area contributed by atoms with Crippen molar-refractivity contribution in [3.63, 3.8) is 0 Å². The molecular weight excluding hydrogens is 554 g/mol. The number of piperidine rings is 1. The molecule has 1 saturated heterocycles. The maximum absolute atomic E-state index is 13.8. The number of nitrogens with one attached hydrogen (secondary N) is 1. The first-order valence-electron chi connectivity index (χ1n) is 14.0. The van der Waals surface area contributed by atoms with Crippen LogP contribution in [0.2, 0.25) is 5.02 Å². The van der Waals surface area contributed by atoms with Crippen LogP contribution in [-0.4, -0.2) is 65.2 Å². The van der Waals surface area contributed by atoms with Gasteiger partial charge in [0.15, 0.2) is 5.43 Å². The molecule has 0 radical (unpaired) electrons. The summed E-state index contributed by atoms with van der Waals surface area (Å²) in [4.78, 5) is 48.7. The number of hydrogen-bond acceptors (Lipinski definition) is 6. The van der Waals surface area contributed by atoms with Crippen molar-refractivity contribution in [2.24, 2.45) is 5.92 Å². The van der Waals surface area contributed by atoms with Gasteiger partial charge in [0.05, 0.1) is 11.1 Å². The molecule has 2 amide bonds. The fraction of sp³-hybridized carbons (Fsp3) is 0.312. The number of aromatic nitrogens is 2. The van der Waals surface area contributed by atoms with E-state index in [-0.39, 0.29) is 35.7 Å². The first-order chi connectivity index (χ1) is 20.3. The highest BCUT2D eigenvalue weighted by molar-refractivity contribution is 6.31. The first kappa shape index (κ1) is 29.3. The quantitative estimate of drug-likeness (QED) is 0.319. The number of pyridine rings is 2. The normalized spacial score (nSPS) is 13.8. The minimum Gasteiger partial charge on any atom is -0.396 e. The highest BCUT2D eigenvalue weighted by Crippen LogP contribution is 2.26. The molecule has 5 rings (SSSR count). The van der Waals surface area contributed by atoms with Crippen LogP contribution < -0.4 is 15.6 Å². The van der Waals surface area contributed by atoms with Crippen molar-refractivity contribution >= 4 is 40.1 Å². The van der Waals surface area contributed by atoms with E-state index in [2.05, 4.69) is 15.2 Å². The zero-order chi connectivity index (χ0) is 29.8.